The molecule has 2 aromatic rings. The predicted octanol–water partition coefficient (Wildman–Crippen LogP) is 2.48. The van der Waals surface area contributed by atoms with Crippen molar-refractivity contribution >= 4 is 27.1 Å². The van der Waals surface area contributed by atoms with E-state index in [-0.39, 0.29) is 11.5 Å². The summed E-state index contributed by atoms with van der Waals surface area (Å²) in [4.78, 5) is 12.2. The van der Waals surface area contributed by atoms with Gasteiger partial charge in [-0.1, -0.05) is 12.1 Å². The number of fused-ring (bicyclic) bond motifs is 2. The van der Waals surface area contributed by atoms with Crippen LogP contribution in [-0.2, 0) is 6.42 Å². The number of para-hydroxylation sites is 1. The number of hydrogen-bond acceptors (Lipinski definition) is 2. The second-order valence-electron chi connectivity index (χ2n) is 4.04. The maximum atomic E-state index is 12.2. The van der Waals surface area contributed by atoms with Crippen molar-refractivity contribution in [2.24, 2.45) is 0 Å². The Hall–Kier alpha value is -1.29. The standard InChI is InChI=1S/C12H10BrNO2/c1-7-6-9-11(15)8-4-2-3-5-10(8)14(13)12(9)16-7/h2-5,7H,6H2,1H3. The first-order valence-electron chi connectivity index (χ1n) is 5.18. The molecule has 82 valence electrons. The van der Waals surface area contributed by atoms with Crippen LogP contribution in [-0.4, -0.2) is 9.70 Å². The van der Waals surface area contributed by atoms with E-state index >= 15 is 0 Å². The molecule has 0 saturated heterocycles. The molecule has 1 atom stereocenters. The minimum atomic E-state index is 0.0725. The third-order valence-corrected chi connectivity index (χ3v) is 3.58. The number of hydrogen-bond donors (Lipinski definition) is 0. The number of aromatic nitrogens is 1. The maximum Gasteiger partial charge on any atom is 0.212 e. The molecule has 16 heavy (non-hydrogen) atoms. The summed E-state index contributed by atoms with van der Waals surface area (Å²) in [5.41, 5.74) is 1.70. The predicted molar refractivity (Wildman–Crippen MR) is 66.3 cm³/mol. The second-order valence-corrected chi connectivity index (χ2v) is 4.75. The van der Waals surface area contributed by atoms with Crippen LogP contribution < -0.4 is 10.2 Å². The van der Waals surface area contributed by atoms with Crippen LogP contribution in [0.25, 0.3) is 10.9 Å². The Kier molecular flexibility index (Phi) is 2.07. The van der Waals surface area contributed by atoms with Crippen LogP contribution in [0.5, 0.6) is 5.88 Å². The maximum absolute atomic E-state index is 12.2. The van der Waals surface area contributed by atoms with E-state index in [4.69, 9.17) is 4.74 Å². The Labute approximate surface area is 101 Å². The molecular weight excluding hydrogens is 270 g/mol. The summed E-state index contributed by atoms with van der Waals surface area (Å²) in [5.74, 6) is 0.649. The zero-order chi connectivity index (χ0) is 11.3. The molecule has 3 rings (SSSR count). The normalized spacial score (nSPS) is 18.5. The van der Waals surface area contributed by atoms with Crippen LogP contribution in [0, 0.1) is 0 Å². The number of halogens is 1. The summed E-state index contributed by atoms with van der Waals surface area (Å²) in [5, 5.41) is 0.732. The minimum absolute atomic E-state index is 0.0725. The van der Waals surface area contributed by atoms with E-state index in [0.717, 1.165) is 16.5 Å². The van der Waals surface area contributed by atoms with Crippen molar-refractivity contribution in [3.05, 3.63) is 40.1 Å². The van der Waals surface area contributed by atoms with Gasteiger partial charge < -0.3 is 4.74 Å². The van der Waals surface area contributed by atoms with E-state index in [1.807, 2.05) is 31.2 Å². The molecule has 1 aliphatic heterocycles. The molecule has 1 aromatic carbocycles. The highest BCUT2D eigenvalue weighted by molar-refractivity contribution is 9.08. The lowest BCUT2D eigenvalue weighted by atomic mass is 10.1. The molecule has 2 heterocycles. The van der Waals surface area contributed by atoms with Gasteiger partial charge in [0.1, 0.15) is 6.10 Å². The first-order chi connectivity index (χ1) is 7.68. The van der Waals surface area contributed by atoms with Gasteiger partial charge in [-0.05, 0) is 19.1 Å². The van der Waals surface area contributed by atoms with Crippen LogP contribution in [0.4, 0.5) is 0 Å². The van der Waals surface area contributed by atoms with Gasteiger partial charge in [-0.3, -0.25) is 4.79 Å². The first kappa shape index (κ1) is 9.90. The van der Waals surface area contributed by atoms with Crippen LogP contribution in [0.3, 0.4) is 0 Å². The fourth-order valence-corrected chi connectivity index (χ4v) is 2.75. The van der Waals surface area contributed by atoms with Crippen molar-refractivity contribution in [2.45, 2.75) is 19.4 Å². The largest absolute Gasteiger partial charge is 0.475 e. The Morgan fingerprint density at radius 2 is 2.19 bits per heavy atom. The van der Waals surface area contributed by atoms with Crippen molar-refractivity contribution < 1.29 is 4.74 Å². The number of benzene rings is 1. The summed E-state index contributed by atoms with van der Waals surface area (Å²) in [7, 11) is 0. The molecule has 0 radical (unpaired) electrons. The fraction of sp³-hybridized carbons (Fsp3) is 0.250. The molecule has 0 aliphatic carbocycles. The number of ether oxygens (including phenoxy) is 1. The molecule has 4 heteroatoms. The van der Waals surface area contributed by atoms with E-state index in [1.165, 1.54) is 0 Å². The summed E-state index contributed by atoms with van der Waals surface area (Å²) < 4.78 is 7.42. The lowest BCUT2D eigenvalue weighted by molar-refractivity contribution is 0.245. The van der Waals surface area contributed by atoms with Crippen molar-refractivity contribution in [2.75, 3.05) is 0 Å². The topological polar surface area (TPSA) is 31.2 Å². The highest BCUT2D eigenvalue weighted by atomic mass is 79.9. The molecule has 1 unspecified atom stereocenters. The number of nitrogens with zero attached hydrogens (tertiary/aromatic N) is 1. The summed E-state index contributed by atoms with van der Waals surface area (Å²) in [6.45, 7) is 1.97. The van der Waals surface area contributed by atoms with E-state index in [2.05, 4.69) is 16.1 Å². The van der Waals surface area contributed by atoms with Crippen molar-refractivity contribution in [3.63, 3.8) is 0 Å². The molecule has 1 aliphatic rings. The Morgan fingerprint density at radius 1 is 1.44 bits per heavy atom. The van der Waals surface area contributed by atoms with Crippen molar-refractivity contribution in [1.82, 2.24) is 3.59 Å². The van der Waals surface area contributed by atoms with E-state index in [0.29, 0.717) is 12.3 Å². The smallest absolute Gasteiger partial charge is 0.212 e. The van der Waals surface area contributed by atoms with Gasteiger partial charge in [0, 0.05) is 11.8 Å². The summed E-state index contributed by atoms with van der Waals surface area (Å²) in [6, 6.07) is 7.53. The van der Waals surface area contributed by atoms with Crippen LogP contribution in [0.15, 0.2) is 29.1 Å². The van der Waals surface area contributed by atoms with E-state index in [9.17, 15) is 4.79 Å². The zero-order valence-electron chi connectivity index (χ0n) is 8.74. The average Bonchev–Trinajstić information content (AvgIpc) is 2.68. The molecule has 0 amide bonds. The van der Waals surface area contributed by atoms with Crippen LogP contribution in [0.1, 0.15) is 12.5 Å². The molecule has 0 bridgehead atoms. The van der Waals surface area contributed by atoms with Crippen LogP contribution >= 0.6 is 16.1 Å². The van der Waals surface area contributed by atoms with E-state index < -0.39 is 0 Å². The van der Waals surface area contributed by atoms with Gasteiger partial charge in [0.25, 0.3) is 0 Å². The lowest BCUT2D eigenvalue weighted by Crippen LogP contribution is -2.10. The molecule has 0 saturated carbocycles. The number of pyridine rings is 1. The third kappa shape index (κ3) is 1.23. The summed E-state index contributed by atoms with van der Waals surface area (Å²) >= 11 is 3.45. The number of rotatable bonds is 0. The van der Waals surface area contributed by atoms with Gasteiger partial charge in [-0.25, -0.2) is 3.59 Å². The monoisotopic (exact) mass is 279 g/mol. The fourth-order valence-electron chi connectivity index (χ4n) is 2.14. The Balaban J connectivity index is 2.48. The molecule has 0 fully saturated rings. The quantitative estimate of drug-likeness (QED) is 0.742. The Bertz CT molecular complexity index is 633. The average molecular weight is 280 g/mol. The molecular formula is C12H10BrNO2. The molecule has 0 N–H and O–H groups in total. The van der Waals surface area contributed by atoms with Gasteiger partial charge in [0.15, 0.2) is 5.43 Å². The lowest BCUT2D eigenvalue weighted by Gasteiger charge is -2.09. The minimum Gasteiger partial charge on any atom is -0.475 e. The van der Waals surface area contributed by atoms with Gasteiger partial charge in [0.2, 0.25) is 5.88 Å². The zero-order valence-corrected chi connectivity index (χ0v) is 10.3. The van der Waals surface area contributed by atoms with Gasteiger partial charge in [-0.15, -0.1) is 0 Å². The highest BCUT2D eigenvalue weighted by Gasteiger charge is 2.26. The molecule has 0 spiro atoms. The molecule has 3 nitrogen and oxygen atoms in total. The van der Waals surface area contributed by atoms with Crippen LogP contribution in [0.2, 0.25) is 0 Å². The second kappa shape index (κ2) is 3.35. The van der Waals surface area contributed by atoms with Gasteiger partial charge in [-0.2, -0.15) is 0 Å². The van der Waals surface area contributed by atoms with Crippen molar-refractivity contribution in [3.8, 4) is 5.88 Å². The SMILES string of the molecule is CC1Cc2c(n(Br)c3ccccc3c2=O)O1. The van der Waals surface area contributed by atoms with E-state index in [1.54, 1.807) is 3.59 Å². The highest BCUT2D eigenvalue weighted by Crippen LogP contribution is 2.31. The summed E-state index contributed by atoms with van der Waals surface area (Å²) in [6.07, 6.45) is 0.758. The van der Waals surface area contributed by atoms with Gasteiger partial charge >= 0.3 is 0 Å². The third-order valence-electron chi connectivity index (χ3n) is 2.88. The van der Waals surface area contributed by atoms with Crippen molar-refractivity contribution in [1.29, 1.82) is 0 Å². The first-order valence-corrected chi connectivity index (χ1v) is 5.89. The van der Waals surface area contributed by atoms with Gasteiger partial charge in [0.05, 0.1) is 27.2 Å². The Morgan fingerprint density at radius 3 is 3.00 bits per heavy atom. The molecule has 1 aromatic heterocycles.